The molecule has 102 valence electrons. The molecule has 3 heteroatoms. The van der Waals surface area contributed by atoms with Crippen LogP contribution in [0.3, 0.4) is 0 Å². The highest BCUT2D eigenvalue weighted by atomic mass is 19.1. The molecular weight excluding hydrogens is 229 g/mol. The number of hydrogen-bond donors (Lipinski definition) is 2. The summed E-state index contributed by atoms with van der Waals surface area (Å²) in [5.74, 6) is -0.163. The lowest BCUT2D eigenvalue weighted by Gasteiger charge is -2.33. The molecule has 0 aliphatic rings. The molecule has 1 aromatic rings. The molecule has 0 radical (unpaired) electrons. The van der Waals surface area contributed by atoms with Crippen molar-refractivity contribution >= 4 is 0 Å². The lowest BCUT2D eigenvalue weighted by Crippen LogP contribution is -2.46. The van der Waals surface area contributed by atoms with Gasteiger partial charge in [0.1, 0.15) is 5.82 Å². The van der Waals surface area contributed by atoms with E-state index < -0.39 is 0 Å². The molecular formula is C15H24FNO. The van der Waals surface area contributed by atoms with Gasteiger partial charge in [0.05, 0.1) is 0 Å². The van der Waals surface area contributed by atoms with E-state index in [1.807, 2.05) is 39.8 Å². The Balaban J connectivity index is 2.74. The number of aliphatic hydroxyl groups excluding tert-OH is 1. The highest BCUT2D eigenvalue weighted by molar-refractivity contribution is 5.26. The van der Waals surface area contributed by atoms with Crippen molar-refractivity contribution < 1.29 is 9.50 Å². The van der Waals surface area contributed by atoms with Crippen molar-refractivity contribution in [3.8, 4) is 0 Å². The average Bonchev–Trinajstić information content (AvgIpc) is 2.27. The SMILES string of the molecule is CC(C)(CCO)NCC(C)(C)c1ccccc1F. The van der Waals surface area contributed by atoms with Crippen LogP contribution in [0.4, 0.5) is 4.39 Å². The van der Waals surface area contributed by atoms with Crippen molar-refractivity contribution in [3.63, 3.8) is 0 Å². The number of halogens is 1. The Morgan fingerprint density at radius 2 is 1.78 bits per heavy atom. The molecule has 2 nitrogen and oxygen atoms in total. The van der Waals surface area contributed by atoms with Crippen LogP contribution >= 0.6 is 0 Å². The molecule has 1 rings (SSSR count). The minimum Gasteiger partial charge on any atom is -0.396 e. The zero-order valence-corrected chi connectivity index (χ0v) is 11.8. The van der Waals surface area contributed by atoms with Gasteiger partial charge in [-0.15, -0.1) is 0 Å². The second kappa shape index (κ2) is 5.81. The summed E-state index contributed by atoms with van der Waals surface area (Å²) in [7, 11) is 0. The van der Waals surface area contributed by atoms with E-state index in [9.17, 15) is 4.39 Å². The lowest BCUT2D eigenvalue weighted by atomic mass is 9.83. The molecule has 0 aliphatic heterocycles. The molecule has 0 aromatic heterocycles. The first-order valence-electron chi connectivity index (χ1n) is 6.39. The average molecular weight is 253 g/mol. The predicted octanol–water partition coefficient (Wildman–Crippen LogP) is 2.85. The predicted molar refractivity (Wildman–Crippen MR) is 73.2 cm³/mol. The molecule has 0 bridgehead atoms. The molecule has 0 aliphatic carbocycles. The first-order chi connectivity index (χ1) is 8.28. The summed E-state index contributed by atoms with van der Waals surface area (Å²) in [6.07, 6.45) is 0.681. The summed E-state index contributed by atoms with van der Waals surface area (Å²) >= 11 is 0. The largest absolute Gasteiger partial charge is 0.396 e. The fraction of sp³-hybridized carbons (Fsp3) is 0.600. The molecule has 0 saturated heterocycles. The Morgan fingerprint density at radius 3 is 2.33 bits per heavy atom. The third-order valence-corrected chi connectivity index (χ3v) is 3.35. The first kappa shape index (κ1) is 15.1. The third kappa shape index (κ3) is 4.07. The first-order valence-corrected chi connectivity index (χ1v) is 6.39. The molecule has 0 saturated carbocycles. The Labute approximate surface area is 109 Å². The Morgan fingerprint density at radius 1 is 1.17 bits per heavy atom. The maximum atomic E-state index is 13.8. The van der Waals surface area contributed by atoms with Crippen LogP contribution in [0.25, 0.3) is 0 Å². The van der Waals surface area contributed by atoms with E-state index in [1.54, 1.807) is 6.07 Å². The zero-order valence-electron chi connectivity index (χ0n) is 11.8. The van der Waals surface area contributed by atoms with Crippen molar-refractivity contribution in [1.29, 1.82) is 0 Å². The number of benzene rings is 1. The summed E-state index contributed by atoms with van der Waals surface area (Å²) in [5.41, 5.74) is 0.298. The molecule has 0 atom stereocenters. The van der Waals surface area contributed by atoms with Gasteiger partial charge in [0.2, 0.25) is 0 Å². The maximum Gasteiger partial charge on any atom is 0.126 e. The van der Waals surface area contributed by atoms with Gasteiger partial charge in [0.15, 0.2) is 0 Å². The van der Waals surface area contributed by atoms with Crippen molar-refractivity contribution in [2.24, 2.45) is 0 Å². The smallest absolute Gasteiger partial charge is 0.126 e. The fourth-order valence-corrected chi connectivity index (χ4v) is 1.93. The van der Waals surface area contributed by atoms with E-state index in [4.69, 9.17) is 5.11 Å². The van der Waals surface area contributed by atoms with E-state index >= 15 is 0 Å². The second-order valence-electron chi connectivity index (χ2n) is 6.07. The van der Waals surface area contributed by atoms with Crippen molar-refractivity contribution in [2.45, 2.75) is 45.1 Å². The molecule has 18 heavy (non-hydrogen) atoms. The topological polar surface area (TPSA) is 32.3 Å². The van der Waals surface area contributed by atoms with Gasteiger partial charge < -0.3 is 10.4 Å². The monoisotopic (exact) mass is 253 g/mol. The number of hydrogen-bond acceptors (Lipinski definition) is 2. The van der Waals surface area contributed by atoms with Crippen LogP contribution in [0.2, 0.25) is 0 Å². The standard InChI is InChI=1S/C15H24FNO/c1-14(2,11-17-15(3,4)9-10-18)12-7-5-6-8-13(12)16/h5-8,17-18H,9-11H2,1-4H3. The van der Waals surface area contributed by atoms with Gasteiger partial charge in [-0.25, -0.2) is 4.39 Å². The van der Waals surface area contributed by atoms with Gasteiger partial charge in [-0.1, -0.05) is 32.0 Å². The lowest BCUT2D eigenvalue weighted by molar-refractivity contribution is 0.223. The molecule has 0 heterocycles. The zero-order chi connectivity index (χ0) is 13.8. The van der Waals surface area contributed by atoms with Crippen LogP contribution in [0.1, 0.15) is 39.7 Å². The van der Waals surface area contributed by atoms with Crippen molar-refractivity contribution in [2.75, 3.05) is 13.2 Å². The highest BCUT2D eigenvalue weighted by Crippen LogP contribution is 2.25. The summed E-state index contributed by atoms with van der Waals surface area (Å²) in [6.45, 7) is 8.95. The Kier molecular flexibility index (Phi) is 4.88. The summed E-state index contributed by atoms with van der Waals surface area (Å²) in [4.78, 5) is 0. The molecule has 0 spiro atoms. The minimum atomic E-state index is -0.280. The van der Waals surface area contributed by atoms with Gasteiger partial charge in [0, 0.05) is 24.1 Å². The van der Waals surface area contributed by atoms with E-state index in [0.29, 0.717) is 13.0 Å². The Bertz CT molecular complexity index is 388. The van der Waals surface area contributed by atoms with E-state index in [2.05, 4.69) is 5.32 Å². The second-order valence-corrected chi connectivity index (χ2v) is 6.07. The Hall–Kier alpha value is -0.930. The summed E-state index contributed by atoms with van der Waals surface area (Å²) in [6, 6.07) is 6.89. The van der Waals surface area contributed by atoms with E-state index in [-0.39, 0.29) is 23.4 Å². The van der Waals surface area contributed by atoms with E-state index in [0.717, 1.165) is 5.56 Å². The van der Waals surface area contributed by atoms with Crippen molar-refractivity contribution in [1.82, 2.24) is 5.32 Å². The quantitative estimate of drug-likeness (QED) is 0.817. The minimum absolute atomic E-state index is 0.142. The number of nitrogens with one attached hydrogen (secondary N) is 1. The maximum absolute atomic E-state index is 13.8. The molecule has 0 fully saturated rings. The van der Waals surface area contributed by atoms with Crippen molar-refractivity contribution in [3.05, 3.63) is 35.6 Å². The van der Waals surface area contributed by atoms with E-state index in [1.165, 1.54) is 6.07 Å². The number of rotatable bonds is 6. The normalized spacial score (nSPS) is 12.8. The summed E-state index contributed by atoms with van der Waals surface area (Å²) < 4.78 is 13.8. The summed E-state index contributed by atoms with van der Waals surface area (Å²) in [5, 5.41) is 12.4. The van der Waals surface area contributed by atoms with Crippen LogP contribution < -0.4 is 5.32 Å². The molecule has 0 unspecified atom stereocenters. The third-order valence-electron chi connectivity index (χ3n) is 3.35. The molecule has 0 amide bonds. The van der Waals surface area contributed by atoms with Gasteiger partial charge in [-0.2, -0.15) is 0 Å². The van der Waals surface area contributed by atoms with Crippen LogP contribution in [-0.2, 0) is 5.41 Å². The van der Waals surface area contributed by atoms with Gasteiger partial charge in [-0.05, 0) is 31.9 Å². The van der Waals surface area contributed by atoms with Gasteiger partial charge in [0.25, 0.3) is 0 Å². The molecule has 1 aromatic carbocycles. The van der Waals surface area contributed by atoms with Crippen LogP contribution in [0, 0.1) is 5.82 Å². The highest BCUT2D eigenvalue weighted by Gasteiger charge is 2.26. The molecule has 2 N–H and O–H groups in total. The fourth-order valence-electron chi connectivity index (χ4n) is 1.93. The van der Waals surface area contributed by atoms with Gasteiger partial charge in [-0.3, -0.25) is 0 Å². The van der Waals surface area contributed by atoms with Gasteiger partial charge >= 0.3 is 0 Å². The van der Waals surface area contributed by atoms with Crippen LogP contribution in [0.15, 0.2) is 24.3 Å². The van der Waals surface area contributed by atoms with Crippen LogP contribution in [0.5, 0.6) is 0 Å². The number of aliphatic hydroxyl groups is 1. The van der Waals surface area contributed by atoms with Crippen LogP contribution in [-0.4, -0.2) is 23.8 Å².